The molecule has 0 N–H and O–H groups in total. The van der Waals surface area contributed by atoms with Crippen LogP contribution in [0, 0.1) is 13.8 Å². The quantitative estimate of drug-likeness (QED) is 0.732. The second-order valence-electron chi connectivity index (χ2n) is 3.77. The molecular weight excluding hydrogens is 348 g/mol. The maximum Gasteiger partial charge on any atom is 0.451 e. The third kappa shape index (κ3) is 2.74. The topological polar surface area (TPSA) is 43.6 Å². The largest absolute Gasteiger partial charge is 0.451 e. The fourth-order valence-corrected chi connectivity index (χ4v) is 1.91. The average molecular weight is 356 g/mol. The van der Waals surface area contributed by atoms with Gasteiger partial charge in [0.25, 0.3) is 0 Å². The molecule has 0 bridgehead atoms. The van der Waals surface area contributed by atoms with Crippen molar-refractivity contribution in [2.45, 2.75) is 20.0 Å². The monoisotopic (exact) mass is 354 g/mol. The van der Waals surface area contributed by atoms with Gasteiger partial charge < -0.3 is 0 Å². The molecule has 0 amide bonds. The molecule has 0 spiro atoms. The molecule has 0 atom stereocenters. The fraction of sp³-hybridized carbons (Fsp3) is 0.300. The van der Waals surface area contributed by atoms with Crippen LogP contribution in [0.2, 0.25) is 5.15 Å². The zero-order chi connectivity index (χ0) is 14.4. The van der Waals surface area contributed by atoms with E-state index in [1.807, 2.05) is 0 Å². The highest BCUT2D eigenvalue weighted by molar-refractivity contribution is 9.10. The highest BCUT2D eigenvalue weighted by Crippen LogP contribution is 2.29. The lowest BCUT2D eigenvalue weighted by atomic mass is 10.4. The molecule has 2 heterocycles. The molecule has 0 fully saturated rings. The predicted molar refractivity (Wildman–Crippen MR) is 66.3 cm³/mol. The van der Waals surface area contributed by atoms with Crippen LogP contribution in [0.15, 0.2) is 10.5 Å². The van der Waals surface area contributed by atoms with Gasteiger partial charge in [0.1, 0.15) is 5.15 Å². The Hall–Kier alpha value is -1.15. The predicted octanol–water partition coefficient (Wildman–Crippen LogP) is 3.71. The smallest absolute Gasteiger partial charge is 0.218 e. The molecule has 2 rings (SSSR count). The van der Waals surface area contributed by atoms with Gasteiger partial charge in [-0.1, -0.05) is 11.6 Å². The van der Waals surface area contributed by atoms with Gasteiger partial charge in [-0.25, -0.2) is 14.6 Å². The summed E-state index contributed by atoms with van der Waals surface area (Å²) < 4.78 is 39.9. The molecule has 102 valence electrons. The Morgan fingerprint density at radius 3 is 2.37 bits per heavy atom. The van der Waals surface area contributed by atoms with Crippen molar-refractivity contribution in [3.63, 3.8) is 0 Å². The van der Waals surface area contributed by atoms with E-state index < -0.39 is 12.0 Å². The third-order valence-corrected chi connectivity index (χ3v) is 3.70. The van der Waals surface area contributed by atoms with E-state index in [-0.39, 0.29) is 11.0 Å². The van der Waals surface area contributed by atoms with Crippen molar-refractivity contribution >= 4 is 27.5 Å². The Labute approximate surface area is 119 Å². The van der Waals surface area contributed by atoms with E-state index in [9.17, 15) is 13.2 Å². The molecule has 0 aromatic carbocycles. The van der Waals surface area contributed by atoms with Crippen molar-refractivity contribution in [2.75, 3.05) is 0 Å². The van der Waals surface area contributed by atoms with Crippen LogP contribution in [0.5, 0.6) is 0 Å². The summed E-state index contributed by atoms with van der Waals surface area (Å²) in [5, 5.41) is 3.81. The van der Waals surface area contributed by atoms with Gasteiger partial charge in [-0.2, -0.15) is 18.3 Å². The Balaban J connectivity index is 2.63. The number of nitrogens with zero attached hydrogens (tertiary/aromatic N) is 4. The lowest BCUT2D eigenvalue weighted by Gasteiger charge is -2.08. The van der Waals surface area contributed by atoms with Crippen molar-refractivity contribution in [3.8, 4) is 5.82 Å². The fourth-order valence-electron chi connectivity index (χ4n) is 1.49. The molecule has 2 aromatic heterocycles. The molecule has 0 saturated heterocycles. The number of hydrogen-bond acceptors (Lipinski definition) is 3. The van der Waals surface area contributed by atoms with Gasteiger partial charge in [0.05, 0.1) is 15.9 Å². The molecule has 0 saturated carbocycles. The highest BCUT2D eigenvalue weighted by atomic mass is 79.9. The van der Waals surface area contributed by atoms with Crippen LogP contribution in [-0.2, 0) is 6.18 Å². The van der Waals surface area contributed by atoms with Gasteiger partial charge in [-0.05, 0) is 29.8 Å². The first-order valence-corrected chi connectivity index (χ1v) is 6.21. The maximum absolute atomic E-state index is 12.6. The maximum atomic E-state index is 12.6. The summed E-state index contributed by atoms with van der Waals surface area (Å²) in [7, 11) is 0. The second-order valence-corrected chi connectivity index (χ2v) is 4.95. The van der Waals surface area contributed by atoms with Crippen LogP contribution in [-0.4, -0.2) is 19.7 Å². The molecule has 19 heavy (non-hydrogen) atoms. The molecule has 2 aromatic rings. The van der Waals surface area contributed by atoms with Crippen LogP contribution in [0.3, 0.4) is 0 Å². The first kappa shape index (κ1) is 14.3. The first-order chi connectivity index (χ1) is 8.70. The summed E-state index contributed by atoms with van der Waals surface area (Å²) in [6.45, 7) is 3.43. The van der Waals surface area contributed by atoms with Gasteiger partial charge >= 0.3 is 6.18 Å². The number of hydrogen-bond donors (Lipinski definition) is 0. The molecule has 0 aliphatic rings. The van der Waals surface area contributed by atoms with Gasteiger partial charge in [0.15, 0.2) is 5.82 Å². The summed E-state index contributed by atoms with van der Waals surface area (Å²) in [6, 6.07) is 1.22. The van der Waals surface area contributed by atoms with Crippen LogP contribution >= 0.6 is 27.5 Å². The minimum atomic E-state index is -4.66. The number of rotatable bonds is 1. The summed E-state index contributed by atoms with van der Waals surface area (Å²) in [4.78, 5) is 6.62. The van der Waals surface area contributed by atoms with Crippen molar-refractivity contribution in [3.05, 3.63) is 32.9 Å². The van der Waals surface area contributed by atoms with Crippen molar-refractivity contribution < 1.29 is 13.2 Å². The minimum absolute atomic E-state index is 0.0291. The van der Waals surface area contributed by atoms with E-state index in [1.165, 1.54) is 10.7 Å². The normalized spacial score (nSPS) is 11.9. The third-order valence-electron chi connectivity index (χ3n) is 2.35. The number of aryl methyl sites for hydroxylation is 1. The first-order valence-electron chi connectivity index (χ1n) is 5.04. The molecule has 0 aliphatic heterocycles. The van der Waals surface area contributed by atoms with Crippen LogP contribution in [0.1, 0.15) is 17.2 Å². The van der Waals surface area contributed by atoms with Gasteiger partial charge in [0.2, 0.25) is 5.82 Å². The Bertz CT molecular complexity index is 638. The summed E-state index contributed by atoms with van der Waals surface area (Å²) in [5.41, 5.74) is 1.26. The standard InChI is InChI=1S/C10H7BrClF3N4/c1-4-8(11)5(2)19(18-4)7-3-6(12)16-9(17-7)10(13,14)15/h3H,1-2H3. The molecule has 9 heteroatoms. The number of alkyl halides is 3. The highest BCUT2D eigenvalue weighted by Gasteiger charge is 2.35. The van der Waals surface area contributed by atoms with E-state index in [0.29, 0.717) is 15.9 Å². The van der Waals surface area contributed by atoms with Crippen LogP contribution in [0.4, 0.5) is 13.2 Å². The van der Waals surface area contributed by atoms with Crippen molar-refractivity contribution in [1.82, 2.24) is 19.7 Å². The van der Waals surface area contributed by atoms with E-state index in [4.69, 9.17) is 11.6 Å². The minimum Gasteiger partial charge on any atom is -0.218 e. The summed E-state index contributed by atoms with van der Waals surface area (Å²) in [6.07, 6.45) is -4.66. The second kappa shape index (κ2) is 4.75. The van der Waals surface area contributed by atoms with Crippen molar-refractivity contribution in [1.29, 1.82) is 0 Å². The molecular formula is C10H7BrClF3N4. The lowest BCUT2D eigenvalue weighted by molar-refractivity contribution is -0.145. The van der Waals surface area contributed by atoms with Gasteiger partial charge in [-0.3, -0.25) is 0 Å². The number of halogens is 5. The molecule has 0 unspecified atom stereocenters. The van der Waals surface area contributed by atoms with Gasteiger partial charge in [-0.15, -0.1) is 0 Å². The zero-order valence-electron chi connectivity index (χ0n) is 9.76. The number of aromatic nitrogens is 4. The SMILES string of the molecule is Cc1nn(-c2cc(Cl)nc(C(F)(F)F)n2)c(C)c1Br. The Morgan fingerprint density at radius 2 is 1.89 bits per heavy atom. The van der Waals surface area contributed by atoms with Crippen molar-refractivity contribution in [2.24, 2.45) is 0 Å². The molecule has 4 nitrogen and oxygen atoms in total. The molecule has 0 radical (unpaired) electrons. The summed E-state index contributed by atoms with van der Waals surface area (Å²) in [5.74, 6) is -1.32. The van der Waals surface area contributed by atoms with E-state index in [2.05, 4.69) is 31.0 Å². The van der Waals surface area contributed by atoms with E-state index in [1.54, 1.807) is 13.8 Å². The lowest BCUT2D eigenvalue weighted by Crippen LogP contribution is -2.14. The Kier molecular flexibility index (Phi) is 3.57. The van der Waals surface area contributed by atoms with Gasteiger partial charge in [0, 0.05) is 6.07 Å². The van der Waals surface area contributed by atoms with E-state index in [0.717, 1.165) is 0 Å². The zero-order valence-corrected chi connectivity index (χ0v) is 12.1. The summed E-state index contributed by atoms with van der Waals surface area (Å²) >= 11 is 8.89. The average Bonchev–Trinajstić information content (AvgIpc) is 2.55. The van der Waals surface area contributed by atoms with E-state index >= 15 is 0 Å². The Morgan fingerprint density at radius 1 is 1.26 bits per heavy atom. The van der Waals surface area contributed by atoms with Crippen LogP contribution in [0.25, 0.3) is 5.82 Å². The van der Waals surface area contributed by atoms with Crippen LogP contribution < -0.4 is 0 Å². The molecule has 0 aliphatic carbocycles.